The molecule has 0 aliphatic carbocycles. The Morgan fingerprint density at radius 1 is 1.31 bits per heavy atom. The van der Waals surface area contributed by atoms with Gasteiger partial charge in [-0.25, -0.2) is 14.6 Å². The fraction of sp³-hybridized carbons (Fsp3) is 0.364. The second kappa shape index (κ2) is 4.02. The predicted molar refractivity (Wildman–Crippen MR) is 61.2 cm³/mol. The van der Waals surface area contributed by atoms with Crippen molar-refractivity contribution < 1.29 is 0 Å². The standard InChI is InChI=1S/C11H15N5/c1-7-4-11(14-6-13-7)16-9(3)10(5-15-16)8(2)12/h4-6,8H,12H2,1-3H3. The van der Waals surface area contributed by atoms with E-state index in [-0.39, 0.29) is 6.04 Å². The van der Waals surface area contributed by atoms with Crippen LogP contribution in [0.25, 0.3) is 5.82 Å². The number of hydrogen-bond acceptors (Lipinski definition) is 4. The van der Waals surface area contributed by atoms with Gasteiger partial charge in [0.2, 0.25) is 0 Å². The third-order valence-corrected chi connectivity index (χ3v) is 2.54. The molecule has 0 saturated carbocycles. The van der Waals surface area contributed by atoms with E-state index in [1.54, 1.807) is 10.9 Å². The molecule has 0 saturated heterocycles. The van der Waals surface area contributed by atoms with Crippen LogP contribution in [0.4, 0.5) is 0 Å². The van der Waals surface area contributed by atoms with Crippen LogP contribution in [0.2, 0.25) is 0 Å². The zero-order valence-corrected chi connectivity index (χ0v) is 9.68. The molecule has 5 heteroatoms. The van der Waals surface area contributed by atoms with E-state index in [9.17, 15) is 0 Å². The third kappa shape index (κ3) is 1.81. The highest BCUT2D eigenvalue weighted by Gasteiger charge is 2.11. The second-order valence-electron chi connectivity index (χ2n) is 3.90. The van der Waals surface area contributed by atoms with E-state index >= 15 is 0 Å². The molecule has 84 valence electrons. The van der Waals surface area contributed by atoms with Crippen LogP contribution in [0.15, 0.2) is 18.6 Å². The second-order valence-corrected chi connectivity index (χ2v) is 3.90. The summed E-state index contributed by atoms with van der Waals surface area (Å²) in [4.78, 5) is 8.25. The van der Waals surface area contributed by atoms with Crippen LogP contribution in [0, 0.1) is 13.8 Å². The van der Waals surface area contributed by atoms with Crippen molar-refractivity contribution in [3.8, 4) is 5.82 Å². The van der Waals surface area contributed by atoms with Gasteiger partial charge in [-0.05, 0) is 20.8 Å². The Morgan fingerprint density at radius 3 is 2.62 bits per heavy atom. The molecule has 16 heavy (non-hydrogen) atoms. The number of nitrogens with two attached hydrogens (primary N) is 1. The highest BCUT2D eigenvalue weighted by Crippen LogP contribution is 2.17. The van der Waals surface area contributed by atoms with Crippen molar-refractivity contribution in [3.05, 3.63) is 35.5 Å². The first-order chi connectivity index (χ1) is 7.59. The maximum atomic E-state index is 5.85. The van der Waals surface area contributed by atoms with E-state index in [0.29, 0.717) is 0 Å². The zero-order chi connectivity index (χ0) is 11.7. The summed E-state index contributed by atoms with van der Waals surface area (Å²) in [5, 5.41) is 4.29. The third-order valence-electron chi connectivity index (χ3n) is 2.54. The molecule has 0 aromatic carbocycles. The smallest absolute Gasteiger partial charge is 0.157 e. The lowest BCUT2D eigenvalue weighted by Gasteiger charge is -2.06. The summed E-state index contributed by atoms with van der Waals surface area (Å²) >= 11 is 0. The minimum Gasteiger partial charge on any atom is -0.324 e. The van der Waals surface area contributed by atoms with Gasteiger partial charge in [-0.15, -0.1) is 0 Å². The molecule has 0 fully saturated rings. The lowest BCUT2D eigenvalue weighted by Crippen LogP contribution is -2.08. The lowest BCUT2D eigenvalue weighted by molar-refractivity contribution is 0.783. The molecule has 1 unspecified atom stereocenters. The van der Waals surface area contributed by atoms with Gasteiger partial charge in [0, 0.05) is 29.1 Å². The van der Waals surface area contributed by atoms with Gasteiger partial charge in [0.25, 0.3) is 0 Å². The normalized spacial score (nSPS) is 12.8. The molecule has 0 spiro atoms. The molecule has 0 aliphatic heterocycles. The van der Waals surface area contributed by atoms with Crippen LogP contribution in [0.3, 0.4) is 0 Å². The Morgan fingerprint density at radius 2 is 2.06 bits per heavy atom. The van der Waals surface area contributed by atoms with Gasteiger partial charge in [-0.3, -0.25) is 0 Å². The van der Waals surface area contributed by atoms with E-state index in [2.05, 4.69) is 15.1 Å². The largest absolute Gasteiger partial charge is 0.324 e. The van der Waals surface area contributed by atoms with E-state index in [1.165, 1.54) is 6.33 Å². The molecule has 2 aromatic heterocycles. The SMILES string of the molecule is Cc1cc(-n2ncc(C(C)N)c2C)ncn1. The molecule has 5 nitrogen and oxygen atoms in total. The number of hydrogen-bond donors (Lipinski definition) is 1. The van der Waals surface area contributed by atoms with Gasteiger partial charge in [0.15, 0.2) is 5.82 Å². The summed E-state index contributed by atoms with van der Waals surface area (Å²) in [7, 11) is 0. The molecule has 0 aliphatic rings. The average Bonchev–Trinajstić information content (AvgIpc) is 2.60. The Hall–Kier alpha value is -1.75. The fourth-order valence-electron chi connectivity index (χ4n) is 1.66. The Kier molecular flexibility index (Phi) is 2.70. The summed E-state index contributed by atoms with van der Waals surface area (Å²) in [5.41, 5.74) is 8.83. The van der Waals surface area contributed by atoms with Gasteiger partial charge in [-0.1, -0.05) is 0 Å². The predicted octanol–water partition coefficient (Wildman–Crippen LogP) is 1.30. The van der Waals surface area contributed by atoms with Crippen LogP contribution in [-0.4, -0.2) is 19.7 Å². The summed E-state index contributed by atoms with van der Waals surface area (Å²) in [6.07, 6.45) is 3.33. The van der Waals surface area contributed by atoms with Gasteiger partial charge < -0.3 is 5.73 Å². The van der Waals surface area contributed by atoms with Gasteiger partial charge in [0.05, 0.1) is 6.20 Å². The molecule has 2 aromatic rings. The maximum Gasteiger partial charge on any atom is 0.157 e. The number of nitrogens with zero attached hydrogens (tertiary/aromatic N) is 4. The monoisotopic (exact) mass is 217 g/mol. The summed E-state index contributed by atoms with van der Waals surface area (Å²) in [5.74, 6) is 0.775. The van der Waals surface area contributed by atoms with E-state index in [1.807, 2.05) is 26.8 Å². The molecule has 1 atom stereocenters. The van der Waals surface area contributed by atoms with Crippen molar-refractivity contribution in [1.82, 2.24) is 19.7 Å². The van der Waals surface area contributed by atoms with Crippen molar-refractivity contribution >= 4 is 0 Å². The molecular weight excluding hydrogens is 202 g/mol. The van der Waals surface area contributed by atoms with Crippen LogP contribution in [0.1, 0.15) is 29.9 Å². The fourth-order valence-corrected chi connectivity index (χ4v) is 1.66. The van der Waals surface area contributed by atoms with E-state index in [4.69, 9.17) is 5.73 Å². The molecule has 2 N–H and O–H groups in total. The minimum absolute atomic E-state index is 0.0170. The van der Waals surface area contributed by atoms with Crippen LogP contribution in [-0.2, 0) is 0 Å². The van der Waals surface area contributed by atoms with Crippen molar-refractivity contribution in [2.24, 2.45) is 5.73 Å². The zero-order valence-electron chi connectivity index (χ0n) is 9.68. The van der Waals surface area contributed by atoms with Crippen LogP contribution >= 0.6 is 0 Å². The van der Waals surface area contributed by atoms with E-state index in [0.717, 1.165) is 22.8 Å². The Balaban J connectivity index is 2.49. The van der Waals surface area contributed by atoms with Gasteiger partial charge in [0.1, 0.15) is 6.33 Å². The molecular formula is C11H15N5. The highest BCUT2D eigenvalue weighted by molar-refractivity contribution is 5.30. The van der Waals surface area contributed by atoms with Crippen molar-refractivity contribution in [2.75, 3.05) is 0 Å². The molecule has 2 heterocycles. The van der Waals surface area contributed by atoms with Crippen molar-refractivity contribution in [1.29, 1.82) is 0 Å². The summed E-state index contributed by atoms with van der Waals surface area (Å²) in [6, 6.07) is 1.88. The quantitative estimate of drug-likeness (QED) is 0.823. The maximum absolute atomic E-state index is 5.85. The highest BCUT2D eigenvalue weighted by atomic mass is 15.3. The number of aryl methyl sites for hydroxylation is 1. The van der Waals surface area contributed by atoms with Gasteiger partial charge >= 0.3 is 0 Å². The summed E-state index contributed by atoms with van der Waals surface area (Å²) < 4.78 is 1.79. The topological polar surface area (TPSA) is 69.6 Å². The van der Waals surface area contributed by atoms with Crippen molar-refractivity contribution in [2.45, 2.75) is 26.8 Å². The van der Waals surface area contributed by atoms with Gasteiger partial charge in [-0.2, -0.15) is 5.10 Å². The first-order valence-corrected chi connectivity index (χ1v) is 5.18. The number of aromatic nitrogens is 4. The Bertz CT molecular complexity index is 501. The molecule has 0 bridgehead atoms. The number of rotatable bonds is 2. The lowest BCUT2D eigenvalue weighted by atomic mass is 10.1. The molecule has 0 radical (unpaired) electrons. The van der Waals surface area contributed by atoms with Crippen LogP contribution in [0.5, 0.6) is 0 Å². The first-order valence-electron chi connectivity index (χ1n) is 5.18. The summed E-state index contributed by atoms with van der Waals surface area (Å²) in [6.45, 7) is 5.86. The van der Waals surface area contributed by atoms with Crippen molar-refractivity contribution in [3.63, 3.8) is 0 Å². The molecule has 2 rings (SSSR count). The molecule has 0 amide bonds. The van der Waals surface area contributed by atoms with Crippen LogP contribution < -0.4 is 5.73 Å². The minimum atomic E-state index is -0.0170. The average molecular weight is 217 g/mol. The first kappa shape index (κ1) is 10.8. The Labute approximate surface area is 94.3 Å². The van der Waals surface area contributed by atoms with E-state index < -0.39 is 0 Å².